The fraction of sp³-hybridized carbons (Fsp3) is 0.321. The van der Waals surface area contributed by atoms with Gasteiger partial charge in [-0.3, -0.25) is 4.79 Å². The molecule has 0 spiro atoms. The second kappa shape index (κ2) is 11.4. The standard InChI is InChI=1S/C28H30F2N2O4S/c1-31(19-22-10-4-2-5-11-22)26(33)18-28(21-36-23-12-6-3-7-13-23)16-9-17-32(20-28)37(34,35)27-24(29)14-8-15-25(27)30/h2-8,10-15H,9,16-21H2,1H3/t28-/m1/s1. The lowest BCUT2D eigenvalue weighted by Crippen LogP contribution is -2.50. The van der Waals surface area contributed by atoms with Crippen molar-refractivity contribution in [1.82, 2.24) is 9.21 Å². The highest BCUT2D eigenvalue weighted by Gasteiger charge is 2.44. The predicted octanol–water partition coefficient (Wildman–Crippen LogP) is 4.86. The molecule has 0 aliphatic carbocycles. The van der Waals surface area contributed by atoms with Crippen molar-refractivity contribution < 1.29 is 26.7 Å². The summed E-state index contributed by atoms with van der Waals surface area (Å²) in [6.07, 6.45) is 0.967. The van der Waals surface area contributed by atoms with Crippen LogP contribution in [0.1, 0.15) is 24.8 Å². The molecule has 1 fully saturated rings. The maximum atomic E-state index is 14.5. The van der Waals surface area contributed by atoms with Gasteiger partial charge in [0.05, 0.1) is 6.61 Å². The van der Waals surface area contributed by atoms with Gasteiger partial charge in [0.2, 0.25) is 15.9 Å². The molecule has 3 aromatic carbocycles. The maximum Gasteiger partial charge on any atom is 0.248 e. The number of hydrogen-bond acceptors (Lipinski definition) is 4. The zero-order valence-corrected chi connectivity index (χ0v) is 21.5. The number of rotatable bonds is 9. The molecule has 1 amide bonds. The largest absolute Gasteiger partial charge is 0.493 e. The second-order valence-electron chi connectivity index (χ2n) is 9.51. The summed E-state index contributed by atoms with van der Waals surface area (Å²) in [4.78, 5) is 14.0. The molecule has 9 heteroatoms. The molecule has 1 heterocycles. The molecule has 3 aromatic rings. The van der Waals surface area contributed by atoms with Crippen molar-refractivity contribution in [1.29, 1.82) is 0 Å². The Bertz CT molecular complexity index is 1300. The van der Waals surface area contributed by atoms with Crippen LogP contribution < -0.4 is 4.74 Å². The van der Waals surface area contributed by atoms with E-state index < -0.39 is 32.0 Å². The first-order valence-corrected chi connectivity index (χ1v) is 13.5. The number of amides is 1. The number of hydrogen-bond donors (Lipinski definition) is 0. The highest BCUT2D eigenvalue weighted by Crippen LogP contribution is 2.38. The normalized spacial score (nSPS) is 18.4. The Balaban J connectivity index is 1.60. The van der Waals surface area contributed by atoms with Gasteiger partial charge in [0.15, 0.2) is 4.90 Å². The van der Waals surface area contributed by atoms with Crippen LogP contribution in [0.4, 0.5) is 8.78 Å². The van der Waals surface area contributed by atoms with Crippen LogP contribution in [0.3, 0.4) is 0 Å². The Morgan fingerprint density at radius 2 is 1.59 bits per heavy atom. The summed E-state index contributed by atoms with van der Waals surface area (Å²) in [6.45, 7) is 0.476. The van der Waals surface area contributed by atoms with Crippen LogP contribution >= 0.6 is 0 Å². The van der Waals surface area contributed by atoms with Gasteiger partial charge in [-0.05, 0) is 42.7 Å². The quantitative estimate of drug-likeness (QED) is 0.398. The summed E-state index contributed by atoms with van der Waals surface area (Å²) in [7, 11) is -2.78. The molecule has 6 nitrogen and oxygen atoms in total. The molecule has 0 bridgehead atoms. The van der Waals surface area contributed by atoms with Gasteiger partial charge in [-0.2, -0.15) is 4.31 Å². The first kappa shape index (κ1) is 26.8. The number of benzene rings is 3. The van der Waals surface area contributed by atoms with Crippen molar-refractivity contribution >= 4 is 15.9 Å². The number of carbonyl (C=O) groups excluding carboxylic acids is 1. The monoisotopic (exact) mass is 528 g/mol. The van der Waals surface area contributed by atoms with E-state index in [1.165, 1.54) is 0 Å². The van der Waals surface area contributed by atoms with Crippen molar-refractivity contribution in [3.8, 4) is 5.75 Å². The Morgan fingerprint density at radius 3 is 2.24 bits per heavy atom. The summed E-state index contributed by atoms with van der Waals surface area (Å²) >= 11 is 0. The minimum Gasteiger partial charge on any atom is -0.493 e. The van der Waals surface area contributed by atoms with Crippen LogP contribution in [0.15, 0.2) is 83.8 Å². The zero-order valence-electron chi connectivity index (χ0n) is 20.6. The van der Waals surface area contributed by atoms with Gasteiger partial charge in [0.25, 0.3) is 0 Å². The molecule has 196 valence electrons. The minimum atomic E-state index is -4.48. The van der Waals surface area contributed by atoms with Crippen LogP contribution in [-0.2, 0) is 21.4 Å². The van der Waals surface area contributed by atoms with Gasteiger partial charge in [-0.1, -0.05) is 54.6 Å². The Hall–Kier alpha value is -3.30. The third-order valence-corrected chi connectivity index (χ3v) is 8.54. The van der Waals surface area contributed by atoms with Crippen LogP contribution in [-0.4, -0.2) is 50.3 Å². The van der Waals surface area contributed by atoms with Crippen LogP contribution in [0.5, 0.6) is 5.75 Å². The van der Waals surface area contributed by atoms with Gasteiger partial charge >= 0.3 is 0 Å². The van der Waals surface area contributed by atoms with E-state index in [1.807, 2.05) is 48.5 Å². The Kier molecular flexibility index (Phi) is 8.24. The topological polar surface area (TPSA) is 66.9 Å². The minimum absolute atomic E-state index is 0.0228. The number of para-hydroxylation sites is 1. The first-order chi connectivity index (χ1) is 17.7. The maximum absolute atomic E-state index is 14.5. The van der Waals surface area contributed by atoms with E-state index in [0.29, 0.717) is 25.1 Å². The highest BCUT2D eigenvalue weighted by molar-refractivity contribution is 7.89. The molecule has 0 radical (unpaired) electrons. The van der Waals surface area contributed by atoms with Crippen molar-refractivity contribution in [3.05, 3.63) is 96.1 Å². The number of nitrogens with zero attached hydrogens (tertiary/aromatic N) is 2. The van der Waals surface area contributed by atoms with Crippen LogP contribution in [0, 0.1) is 17.0 Å². The van der Waals surface area contributed by atoms with Crippen LogP contribution in [0.2, 0.25) is 0 Å². The molecule has 0 saturated carbocycles. The van der Waals surface area contributed by atoms with Crippen molar-refractivity contribution in [2.75, 3.05) is 26.7 Å². The van der Waals surface area contributed by atoms with Gasteiger partial charge in [0.1, 0.15) is 17.4 Å². The average molecular weight is 529 g/mol. The number of ether oxygens (including phenoxy) is 1. The lowest BCUT2D eigenvalue weighted by molar-refractivity contribution is -0.134. The molecular formula is C28H30F2N2O4S. The second-order valence-corrected chi connectivity index (χ2v) is 11.4. The van der Waals surface area contributed by atoms with Crippen LogP contribution in [0.25, 0.3) is 0 Å². The molecule has 1 aliphatic heterocycles. The number of piperidine rings is 1. The lowest BCUT2D eigenvalue weighted by atomic mass is 9.78. The third kappa shape index (κ3) is 6.34. The van der Waals surface area contributed by atoms with E-state index in [0.717, 1.165) is 28.1 Å². The van der Waals surface area contributed by atoms with Gasteiger partial charge < -0.3 is 9.64 Å². The summed E-state index contributed by atoms with van der Waals surface area (Å²) < 4.78 is 62.7. The fourth-order valence-corrected chi connectivity index (χ4v) is 6.39. The molecule has 0 N–H and O–H groups in total. The lowest BCUT2D eigenvalue weighted by Gasteiger charge is -2.42. The molecule has 0 aromatic heterocycles. The molecule has 1 saturated heterocycles. The van der Waals surface area contributed by atoms with Gasteiger partial charge in [-0.25, -0.2) is 17.2 Å². The molecule has 1 atom stereocenters. The highest BCUT2D eigenvalue weighted by atomic mass is 32.2. The molecule has 1 aliphatic rings. The van der Waals surface area contributed by atoms with Crippen molar-refractivity contribution in [2.24, 2.45) is 5.41 Å². The summed E-state index contributed by atoms with van der Waals surface area (Å²) in [5.41, 5.74) is 0.0843. The Labute approximate surface area is 216 Å². The van der Waals surface area contributed by atoms with Gasteiger partial charge in [0, 0.05) is 38.5 Å². The van der Waals surface area contributed by atoms with E-state index in [-0.39, 0.29) is 32.0 Å². The zero-order chi connectivity index (χ0) is 26.5. The molecule has 0 unspecified atom stereocenters. The summed E-state index contributed by atoms with van der Waals surface area (Å²) in [6, 6.07) is 21.6. The molecule has 4 rings (SSSR count). The van der Waals surface area contributed by atoms with E-state index >= 15 is 0 Å². The van der Waals surface area contributed by atoms with E-state index in [2.05, 4.69) is 0 Å². The first-order valence-electron chi connectivity index (χ1n) is 12.1. The van der Waals surface area contributed by atoms with Crippen molar-refractivity contribution in [2.45, 2.75) is 30.7 Å². The van der Waals surface area contributed by atoms with E-state index in [9.17, 15) is 22.0 Å². The average Bonchev–Trinajstić information content (AvgIpc) is 2.88. The number of carbonyl (C=O) groups is 1. The Morgan fingerprint density at radius 1 is 0.973 bits per heavy atom. The predicted molar refractivity (Wildman–Crippen MR) is 136 cm³/mol. The fourth-order valence-electron chi connectivity index (χ4n) is 4.69. The van der Waals surface area contributed by atoms with E-state index in [1.54, 1.807) is 24.1 Å². The SMILES string of the molecule is CN(Cc1ccccc1)C(=O)C[C@]1(COc2ccccc2)CCCN(S(=O)(=O)c2c(F)cccc2F)C1. The molecule has 37 heavy (non-hydrogen) atoms. The van der Waals surface area contributed by atoms with E-state index in [4.69, 9.17) is 4.74 Å². The smallest absolute Gasteiger partial charge is 0.248 e. The van der Waals surface area contributed by atoms with Gasteiger partial charge in [-0.15, -0.1) is 0 Å². The summed E-state index contributed by atoms with van der Waals surface area (Å²) in [5, 5.41) is 0. The third-order valence-electron chi connectivity index (χ3n) is 6.65. The summed E-state index contributed by atoms with van der Waals surface area (Å²) in [5.74, 6) is -1.87. The number of sulfonamides is 1. The van der Waals surface area contributed by atoms with Crippen molar-refractivity contribution in [3.63, 3.8) is 0 Å². The molecular weight excluding hydrogens is 498 g/mol. The number of halogens is 2.